The molecule has 0 aliphatic rings. The number of esters is 1. The van der Waals surface area contributed by atoms with E-state index in [-0.39, 0.29) is 12.6 Å². The molecule has 0 saturated carbocycles. The van der Waals surface area contributed by atoms with Gasteiger partial charge in [-0.05, 0) is 49.9 Å². The lowest BCUT2D eigenvalue weighted by molar-refractivity contribution is -0.142. The van der Waals surface area contributed by atoms with Gasteiger partial charge in [0.25, 0.3) is 0 Å². The Morgan fingerprint density at radius 1 is 0.913 bits per heavy atom. The van der Waals surface area contributed by atoms with Crippen molar-refractivity contribution in [3.63, 3.8) is 0 Å². The summed E-state index contributed by atoms with van der Waals surface area (Å²) in [7, 11) is 0. The number of aryl methyl sites for hydroxylation is 4. The number of carbonyl (C=O) groups excluding carboxylic acids is 1. The number of aliphatic hydroxyl groups excluding tert-OH is 1. The van der Waals surface area contributed by atoms with Crippen LogP contribution in [0.25, 0.3) is 0 Å². The third-order valence-corrected chi connectivity index (χ3v) is 3.61. The Kier molecular flexibility index (Phi) is 7.49. The first-order valence-corrected chi connectivity index (χ1v) is 7.70. The number of carbonyl (C=O) groups is 1. The second kappa shape index (κ2) is 9.11. The maximum Gasteiger partial charge on any atom is 0.302 e. The predicted molar refractivity (Wildman–Crippen MR) is 93.2 cm³/mol. The molecule has 0 fully saturated rings. The molecule has 3 heteroatoms. The molecule has 1 N–H and O–H groups in total. The fourth-order valence-electron chi connectivity index (χ4n) is 2.11. The van der Waals surface area contributed by atoms with Crippen molar-refractivity contribution in [2.24, 2.45) is 0 Å². The summed E-state index contributed by atoms with van der Waals surface area (Å²) in [6.07, 6.45) is 0. The van der Waals surface area contributed by atoms with Gasteiger partial charge >= 0.3 is 5.97 Å². The first-order chi connectivity index (χ1) is 10.8. The van der Waals surface area contributed by atoms with Crippen LogP contribution in [0.2, 0.25) is 0 Å². The number of hydrogen-bond donors (Lipinski definition) is 1. The van der Waals surface area contributed by atoms with Gasteiger partial charge in [-0.15, -0.1) is 0 Å². The molecule has 0 aliphatic carbocycles. The van der Waals surface area contributed by atoms with Gasteiger partial charge in [-0.2, -0.15) is 0 Å². The largest absolute Gasteiger partial charge is 0.461 e. The Morgan fingerprint density at radius 2 is 1.39 bits per heavy atom. The van der Waals surface area contributed by atoms with Crippen LogP contribution >= 0.6 is 0 Å². The highest BCUT2D eigenvalue weighted by Crippen LogP contribution is 2.11. The minimum absolute atomic E-state index is 0.146. The van der Waals surface area contributed by atoms with E-state index in [0.717, 1.165) is 22.3 Å². The summed E-state index contributed by atoms with van der Waals surface area (Å²) in [5.74, 6) is -0.235. The normalized spacial score (nSPS) is 9.83. The summed E-state index contributed by atoms with van der Waals surface area (Å²) in [6.45, 7) is 10.0. The van der Waals surface area contributed by atoms with Gasteiger partial charge in [-0.25, -0.2) is 0 Å². The third kappa shape index (κ3) is 6.66. The lowest BCUT2D eigenvalue weighted by Crippen LogP contribution is -2.00. The van der Waals surface area contributed by atoms with Gasteiger partial charge in [-0.1, -0.05) is 47.5 Å². The van der Waals surface area contributed by atoms with Crippen LogP contribution in [0.4, 0.5) is 0 Å². The molecule has 0 bridgehead atoms. The molecule has 0 aliphatic heterocycles. The van der Waals surface area contributed by atoms with E-state index in [9.17, 15) is 4.79 Å². The van der Waals surface area contributed by atoms with Crippen LogP contribution in [-0.2, 0) is 22.7 Å². The Morgan fingerprint density at radius 3 is 1.83 bits per heavy atom. The van der Waals surface area contributed by atoms with Gasteiger partial charge in [0.2, 0.25) is 0 Å². The summed E-state index contributed by atoms with van der Waals surface area (Å²) < 4.78 is 4.92. The zero-order valence-corrected chi connectivity index (χ0v) is 14.6. The van der Waals surface area contributed by atoms with Crippen LogP contribution in [0, 0.1) is 27.7 Å². The topological polar surface area (TPSA) is 46.5 Å². The quantitative estimate of drug-likeness (QED) is 0.865. The minimum Gasteiger partial charge on any atom is -0.461 e. The van der Waals surface area contributed by atoms with E-state index in [1.54, 1.807) is 0 Å². The zero-order valence-electron chi connectivity index (χ0n) is 14.6. The van der Waals surface area contributed by atoms with E-state index in [1.807, 2.05) is 58.0 Å². The maximum absolute atomic E-state index is 10.6. The van der Waals surface area contributed by atoms with Crippen molar-refractivity contribution >= 4 is 5.97 Å². The molecular formula is C20H26O3. The monoisotopic (exact) mass is 314 g/mol. The Bertz CT molecular complexity index is 660. The van der Waals surface area contributed by atoms with Crippen LogP contribution in [0.15, 0.2) is 36.4 Å². The van der Waals surface area contributed by atoms with E-state index in [2.05, 4.69) is 6.07 Å². The average molecular weight is 314 g/mol. The zero-order chi connectivity index (χ0) is 17.4. The molecule has 3 nitrogen and oxygen atoms in total. The molecule has 2 rings (SSSR count). The number of hydrogen-bond acceptors (Lipinski definition) is 3. The summed E-state index contributed by atoms with van der Waals surface area (Å²) in [4.78, 5) is 10.6. The molecular weight excluding hydrogens is 288 g/mol. The van der Waals surface area contributed by atoms with Crippen molar-refractivity contribution in [2.45, 2.75) is 47.8 Å². The molecule has 0 heterocycles. The van der Waals surface area contributed by atoms with Crippen LogP contribution in [-0.4, -0.2) is 11.1 Å². The standard InChI is InChI=1S/C11H14O2.C9H12O/c1-8-4-5-9(2)11(6-8)7-13-10(3)12;1-7-3-4-8(2)9(5-7)6-10/h4-6H,7H2,1-3H3;3-5,10H,6H2,1-2H3. The Hall–Kier alpha value is -2.13. The van der Waals surface area contributed by atoms with Gasteiger partial charge in [0, 0.05) is 6.92 Å². The van der Waals surface area contributed by atoms with Gasteiger partial charge in [0.05, 0.1) is 6.61 Å². The van der Waals surface area contributed by atoms with Crippen LogP contribution in [0.1, 0.15) is 40.3 Å². The van der Waals surface area contributed by atoms with Crippen LogP contribution < -0.4 is 0 Å². The summed E-state index contributed by atoms with van der Waals surface area (Å²) >= 11 is 0. The van der Waals surface area contributed by atoms with E-state index in [4.69, 9.17) is 9.84 Å². The third-order valence-electron chi connectivity index (χ3n) is 3.61. The highest BCUT2D eigenvalue weighted by atomic mass is 16.5. The van der Waals surface area contributed by atoms with Gasteiger partial charge in [-0.3, -0.25) is 4.79 Å². The van der Waals surface area contributed by atoms with Crippen molar-refractivity contribution in [3.8, 4) is 0 Å². The second-order valence-electron chi connectivity index (χ2n) is 5.80. The van der Waals surface area contributed by atoms with Crippen molar-refractivity contribution in [1.29, 1.82) is 0 Å². The number of benzene rings is 2. The molecule has 0 saturated heterocycles. The van der Waals surface area contributed by atoms with Crippen molar-refractivity contribution in [2.75, 3.05) is 0 Å². The summed E-state index contributed by atoms with van der Waals surface area (Å²) in [5, 5.41) is 8.84. The molecule has 0 radical (unpaired) electrons. The highest BCUT2D eigenvalue weighted by molar-refractivity contribution is 5.66. The Balaban J connectivity index is 0.000000238. The SMILES string of the molecule is CC(=O)OCc1cc(C)ccc1C.Cc1ccc(C)c(CO)c1. The highest BCUT2D eigenvalue weighted by Gasteiger charge is 2.00. The Labute approximate surface area is 138 Å². The van der Waals surface area contributed by atoms with Gasteiger partial charge in [0.15, 0.2) is 0 Å². The van der Waals surface area contributed by atoms with E-state index < -0.39 is 0 Å². The first kappa shape index (κ1) is 18.9. The van der Waals surface area contributed by atoms with Crippen molar-refractivity contribution in [3.05, 3.63) is 69.8 Å². The van der Waals surface area contributed by atoms with E-state index in [1.165, 1.54) is 18.1 Å². The fourth-order valence-corrected chi connectivity index (χ4v) is 2.11. The summed E-state index contributed by atoms with van der Waals surface area (Å²) in [5.41, 5.74) is 6.82. The smallest absolute Gasteiger partial charge is 0.302 e. The van der Waals surface area contributed by atoms with Gasteiger partial charge in [0.1, 0.15) is 6.61 Å². The van der Waals surface area contributed by atoms with Crippen molar-refractivity contribution < 1.29 is 14.6 Å². The molecule has 0 atom stereocenters. The number of ether oxygens (including phenoxy) is 1. The molecule has 2 aromatic carbocycles. The van der Waals surface area contributed by atoms with Crippen molar-refractivity contribution in [1.82, 2.24) is 0 Å². The number of rotatable bonds is 3. The predicted octanol–water partition coefficient (Wildman–Crippen LogP) is 4.16. The fraction of sp³-hybridized carbons (Fsp3) is 0.350. The molecule has 2 aromatic rings. The second-order valence-corrected chi connectivity index (χ2v) is 5.80. The molecule has 0 amide bonds. The lowest BCUT2D eigenvalue weighted by Gasteiger charge is -2.06. The lowest BCUT2D eigenvalue weighted by atomic mass is 10.1. The van der Waals surface area contributed by atoms with Crippen LogP contribution in [0.5, 0.6) is 0 Å². The van der Waals surface area contributed by atoms with Crippen LogP contribution in [0.3, 0.4) is 0 Å². The summed E-state index contributed by atoms with van der Waals surface area (Å²) in [6, 6.07) is 12.2. The number of aliphatic hydroxyl groups is 1. The molecule has 0 aromatic heterocycles. The minimum atomic E-state index is -0.235. The molecule has 23 heavy (non-hydrogen) atoms. The molecule has 0 unspecified atom stereocenters. The average Bonchev–Trinajstić information content (AvgIpc) is 2.51. The van der Waals surface area contributed by atoms with E-state index >= 15 is 0 Å². The maximum atomic E-state index is 10.6. The van der Waals surface area contributed by atoms with Gasteiger partial charge < -0.3 is 9.84 Å². The molecule has 124 valence electrons. The first-order valence-electron chi connectivity index (χ1n) is 7.70. The van der Waals surface area contributed by atoms with E-state index in [0.29, 0.717) is 6.61 Å². The molecule has 0 spiro atoms.